The van der Waals surface area contributed by atoms with Crippen LogP contribution in [0.25, 0.3) is 0 Å². The summed E-state index contributed by atoms with van der Waals surface area (Å²) >= 11 is 19.0. The van der Waals surface area contributed by atoms with Gasteiger partial charge in [0, 0.05) is 13.1 Å². The first-order valence-corrected chi connectivity index (χ1v) is 11.3. The number of thiophene rings is 1. The molecule has 0 spiro atoms. The second kappa shape index (κ2) is 8.04. The largest absolute Gasteiger partial charge is 0.320 e. The number of anilines is 1. The van der Waals surface area contributed by atoms with Crippen molar-refractivity contribution in [2.24, 2.45) is 0 Å². The van der Waals surface area contributed by atoms with Crippen LogP contribution in [0.15, 0.2) is 28.5 Å². The number of amides is 1. The summed E-state index contributed by atoms with van der Waals surface area (Å²) in [5.41, 5.74) is 0.265. The van der Waals surface area contributed by atoms with Crippen LogP contribution in [0.3, 0.4) is 0 Å². The van der Waals surface area contributed by atoms with Gasteiger partial charge in [0.05, 0.1) is 20.8 Å². The van der Waals surface area contributed by atoms with Gasteiger partial charge in [-0.2, -0.15) is 4.31 Å². The van der Waals surface area contributed by atoms with Gasteiger partial charge in [-0.15, -0.1) is 11.3 Å². The number of nitrogens with zero attached hydrogens (tertiary/aromatic N) is 1. The molecule has 1 aliphatic rings. The van der Waals surface area contributed by atoms with Crippen LogP contribution in [0.4, 0.5) is 5.69 Å². The molecule has 10 heteroatoms. The minimum atomic E-state index is -3.71. The molecule has 0 bridgehead atoms. The first-order chi connectivity index (χ1) is 12.3. The van der Waals surface area contributed by atoms with E-state index in [2.05, 4.69) is 5.32 Å². The SMILES string of the molecule is O=C(Nc1cc(Cl)c(Cl)cc1Cl)c1sccc1S(=O)(=O)N1CCCCC1. The molecule has 0 unspecified atom stereocenters. The Hall–Kier alpha value is -0.830. The number of carbonyl (C=O) groups excluding carboxylic acids is 1. The van der Waals surface area contributed by atoms with Gasteiger partial charge in [0.25, 0.3) is 5.91 Å². The van der Waals surface area contributed by atoms with E-state index in [-0.39, 0.29) is 30.5 Å². The van der Waals surface area contributed by atoms with E-state index in [4.69, 9.17) is 34.8 Å². The zero-order valence-corrected chi connectivity index (χ0v) is 17.4. The standard InChI is InChI=1S/C16H15Cl3N2O3S2/c17-10-8-12(19)13(9-11(10)18)20-16(22)15-14(4-7-25-15)26(23,24)21-5-2-1-3-6-21/h4,7-9H,1-3,5-6H2,(H,20,22). The van der Waals surface area contributed by atoms with Crippen molar-refractivity contribution < 1.29 is 13.2 Å². The fraction of sp³-hybridized carbons (Fsp3) is 0.312. The Balaban J connectivity index is 1.88. The van der Waals surface area contributed by atoms with Gasteiger partial charge < -0.3 is 5.32 Å². The summed E-state index contributed by atoms with van der Waals surface area (Å²) in [6, 6.07) is 4.30. The summed E-state index contributed by atoms with van der Waals surface area (Å²) in [6.45, 7) is 0.940. The van der Waals surface area contributed by atoms with Gasteiger partial charge in [-0.25, -0.2) is 8.42 Å². The molecule has 1 aliphatic heterocycles. The van der Waals surface area contributed by atoms with E-state index in [1.807, 2.05) is 0 Å². The number of piperidine rings is 1. The highest BCUT2D eigenvalue weighted by molar-refractivity contribution is 7.89. The van der Waals surface area contributed by atoms with E-state index in [1.165, 1.54) is 22.5 Å². The molecule has 26 heavy (non-hydrogen) atoms. The zero-order valence-electron chi connectivity index (χ0n) is 13.5. The van der Waals surface area contributed by atoms with Crippen molar-refractivity contribution in [2.75, 3.05) is 18.4 Å². The average molecular weight is 454 g/mol. The van der Waals surface area contributed by atoms with E-state index in [1.54, 1.807) is 5.38 Å². The molecule has 1 fully saturated rings. The Morgan fingerprint density at radius 2 is 1.69 bits per heavy atom. The Labute approximate surface area is 170 Å². The normalized spacial score (nSPS) is 15.8. The molecule has 2 aromatic rings. The number of nitrogens with one attached hydrogen (secondary N) is 1. The van der Waals surface area contributed by atoms with Crippen LogP contribution in [0.2, 0.25) is 15.1 Å². The van der Waals surface area contributed by atoms with Gasteiger partial charge in [0.1, 0.15) is 9.77 Å². The molecule has 0 saturated carbocycles. The van der Waals surface area contributed by atoms with E-state index < -0.39 is 15.9 Å². The van der Waals surface area contributed by atoms with Crippen LogP contribution < -0.4 is 5.32 Å². The van der Waals surface area contributed by atoms with E-state index in [0.29, 0.717) is 13.1 Å². The molecule has 1 saturated heterocycles. The average Bonchev–Trinajstić information content (AvgIpc) is 3.11. The Morgan fingerprint density at radius 3 is 2.38 bits per heavy atom. The minimum absolute atomic E-state index is 0.0121. The van der Waals surface area contributed by atoms with Gasteiger partial charge in [-0.1, -0.05) is 41.2 Å². The molecule has 1 aromatic heterocycles. The number of halogens is 3. The van der Waals surface area contributed by atoms with E-state index in [9.17, 15) is 13.2 Å². The smallest absolute Gasteiger partial charge is 0.267 e. The summed E-state index contributed by atoms with van der Waals surface area (Å²) in [5, 5.41) is 4.91. The van der Waals surface area contributed by atoms with Crippen LogP contribution in [-0.2, 0) is 10.0 Å². The molecule has 2 heterocycles. The van der Waals surface area contributed by atoms with E-state index in [0.717, 1.165) is 30.6 Å². The number of rotatable bonds is 4. The number of carbonyl (C=O) groups is 1. The summed E-state index contributed by atoms with van der Waals surface area (Å²) in [6.07, 6.45) is 2.66. The topological polar surface area (TPSA) is 66.5 Å². The molecule has 1 amide bonds. The third kappa shape index (κ3) is 4.03. The molecular weight excluding hydrogens is 439 g/mol. The van der Waals surface area contributed by atoms with Gasteiger partial charge in [-0.05, 0) is 36.4 Å². The summed E-state index contributed by atoms with van der Waals surface area (Å²) in [4.78, 5) is 12.8. The molecule has 3 rings (SSSR count). The third-order valence-electron chi connectivity index (χ3n) is 4.03. The molecule has 1 N–H and O–H groups in total. The predicted octanol–water partition coefficient (Wildman–Crippen LogP) is 5.14. The first kappa shape index (κ1) is 19.9. The van der Waals surface area contributed by atoms with E-state index >= 15 is 0 Å². The molecule has 0 aliphatic carbocycles. The first-order valence-electron chi connectivity index (χ1n) is 7.84. The second-order valence-corrected chi connectivity index (χ2v) is 9.82. The second-order valence-electron chi connectivity index (χ2n) is 5.78. The third-order valence-corrected chi connectivity index (χ3v) is 8.04. The predicted molar refractivity (Wildman–Crippen MR) is 106 cm³/mol. The lowest BCUT2D eigenvalue weighted by molar-refractivity contribution is 0.102. The fourth-order valence-corrected chi connectivity index (χ4v) is 6.11. The number of sulfonamides is 1. The van der Waals surface area contributed by atoms with Crippen LogP contribution in [0.1, 0.15) is 28.9 Å². The Bertz CT molecular complexity index is 938. The maximum Gasteiger partial charge on any atom is 0.267 e. The highest BCUT2D eigenvalue weighted by atomic mass is 35.5. The fourth-order valence-electron chi connectivity index (χ4n) is 2.71. The van der Waals surface area contributed by atoms with Crippen LogP contribution in [0, 0.1) is 0 Å². The maximum absolute atomic E-state index is 12.9. The summed E-state index contributed by atoms with van der Waals surface area (Å²) in [7, 11) is -3.71. The van der Waals surface area contributed by atoms with Crippen molar-refractivity contribution in [3.05, 3.63) is 43.5 Å². The zero-order chi connectivity index (χ0) is 18.9. The van der Waals surface area contributed by atoms with Gasteiger partial charge >= 0.3 is 0 Å². The van der Waals surface area contributed by atoms with Gasteiger partial charge in [0.15, 0.2) is 0 Å². The molecule has 0 atom stereocenters. The minimum Gasteiger partial charge on any atom is -0.320 e. The molecule has 1 aromatic carbocycles. The Kier molecular flexibility index (Phi) is 6.16. The lowest BCUT2D eigenvalue weighted by Gasteiger charge is -2.25. The summed E-state index contributed by atoms with van der Waals surface area (Å²) < 4.78 is 27.2. The summed E-state index contributed by atoms with van der Waals surface area (Å²) in [5.74, 6) is -0.559. The lowest BCUT2D eigenvalue weighted by atomic mass is 10.2. The highest BCUT2D eigenvalue weighted by Crippen LogP contribution is 2.34. The Morgan fingerprint density at radius 1 is 1.04 bits per heavy atom. The quantitative estimate of drug-likeness (QED) is 0.652. The number of hydrogen-bond acceptors (Lipinski definition) is 4. The highest BCUT2D eigenvalue weighted by Gasteiger charge is 2.31. The van der Waals surface area contributed by atoms with Gasteiger partial charge in [-0.3, -0.25) is 4.79 Å². The van der Waals surface area contributed by atoms with Crippen molar-refractivity contribution in [2.45, 2.75) is 24.2 Å². The molecule has 140 valence electrons. The number of benzene rings is 1. The van der Waals surface area contributed by atoms with Crippen molar-refractivity contribution >= 4 is 67.8 Å². The molecule has 0 radical (unpaired) electrons. The van der Waals surface area contributed by atoms with Crippen molar-refractivity contribution in [1.29, 1.82) is 0 Å². The monoisotopic (exact) mass is 452 g/mol. The molecule has 5 nitrogen and oxygen atoms in total. The van der Waals surface area contributed by atoms with Crippen LogP contribution >= 0.6 is 46.1 Å². The van der Waals surface area contributed by atoms with Crippen molar-refractivity contribution in [3.8, 4) is 0 Å². The van der Waals surface area contributed by atoms with Crippen LogP contribution in [-0.4, -0.2) is 31.7 Å². The van der Waals surface area contributed by atoms with Crippen molar-refractivity contribution in [3.63, 3.8) is 0 Å². The van der Waals surface area contributed by atoms with Crippen molar-refractivity contribution in [1.82, 2.24) is 4.31 Å². The van der Waals surface area contributed by atoms with Crippen LogP contribution in [0.5, 0.6) is 0 Å². The van der Waals surface area contributed by atoms with Gasteiger partial charge in [0.2, 0.25) is 10.0 Å². The number of hydrogen-bond donors (Lipinski definition) is 1. The molecular formula is C16H15Cl3N2O3S2. The lowest BCUT2D eigenvalue weighted by Crippen LogP contribution is -2.36. The maximum atomic E-state index is 12.9.